The first kappa shape index (κ1) is 12.4. The lowest BCUT2D eigenvalue weighted by Gasteiger charge is -2.05. The molecule has 0 spiro atoms. The third-order valence-electron chi connectivity index (χ3n) is 3.62. The van der Waals surface area contributed by atoms with Crippen LogP contribution >= 0.6 is 0 Å². The molecule has 0 aliphatic carbocycles. The topological polar surface area (TPSA) is 67.5 Å². The summed E-state index contributed by atoms with van der Waals surface area (Å²) in [6.07, 6.45) is 0. The molecule has 4 aromatic rings. The van der Waals surface area contributed by atoms with E-state index >= 15 is 0 Å². The fraction of sp³-hybridized carbons (Fsp3) is 0. The maximum Gasteiger partial charge on any atom is 0.295 e. The van der Waals surface area contributed by atoms with Gasteiger partial charge in [0.1, 0.15) is 16.1 Å². The van der Waals surface area contributed by atoms with Gasteiger partial charge in [-0.3, -0.25) is 4.55 Å². The van der Waals surface area contributed by atoms with Gasteiger partial charge in [-0.25, -0.2) is 0 Å². The van der Waals surface area contributed by atoms with Crippen molar-refractivity contribution in [2.75, 3.05) is 0 Å². The van der Waals surface area contributed by atoms with Gasteiger partial charge in [0.15, 0.2) is 0 Å². The Bertz CT molecular complexity index is 1110. The van der Waals surface area contributed by atoms with Gasteiger partial charge in [0.05, 0.1) is 0 Å². The maximum absolute atomic E-state index is 11.6. The molecule has 0 saturated heterocycles. The molecular weight excluding hydrogens is 288 g/mol. The van der Waals surface area contributed by atoms with Gasteiger partial charge in [0, 0.05) is 22.2 Å². The number of fused-ring (bicyclic) bond motifs is 5. The van der Waals surface area contributed by atoms with Crippen LogP contribution < -0.4 is 0 Å². The highest BCUT2D eigenvalue weighted by atomic mass is 32.2. The fourth-order valence-corrected chi connectivity index (χ4v) is 3.48. The standard InChI is InChI=1S/C16H10O4S/c17-21(18,19)15-9-14-16(11-6-2-1-5-10(11)15)12-7-3-4-8-13(12)20-14/h1-9H,(H,17,18,19). The lowest BCUT2D eigenvalue weighted by molar-refractivity contribution is 0.484. The molecule has 1 heterocycles. The van der Waals surface area contributed by atoms with Crippen LogP contribution in [0.5, 0.6) is 0 Å². The molecule has 0 saturated carbocycles. The second-order valence-electron chi connectivity index (χ2n) is 4.87. The van der Waals surface area contributed by atoms with Crippen LogP contribution in [0.15, 0.2) is 63.9 Å². The summed E-state index contributed by atoms with van der Waals surface area (Å²) in [5.41, 5.74) is 1.13. The average Bonchev–Trinajstić information content (AvgIpc) is 2.84. The van der Waals surface area contributed by atoms with Crippen LogP contribution in [0.3, 0.4) is 0 Å². The highest BCUT2D eigenvalue weighted by Crippen LogP contribution is 2.37. The van der Waals surface area contributed by atoms with Crippen LogP contribution in [-0.4, -0.2) is 13.0 Å². The molecule has 0 fully saturated rings. The molecule has 0 amide bonds. The van der Waals surface area contributed by atoms with Crippen molar-refractivity contribution in [2.45, 2.75) is 4.90 Å². The van der Waals surface area contributed by atoms with E-state index in [0.717, 1.165) is 16.2 Å². The largest absolute Gasteiger partial charge is 0.456 e. The Morgan fingerprint density at radius 2 is 1.43 bits per heavy atom. The molecule has 3 aromatic carbocycles. The van der Waals surface area contributed by atoms with Gasteiger partial charge in [0.25, 0.3) is 10.1 Å². The Morgan fingerprint density at radius 3 is 2.14 bits per heavy atom. The molecule has 1 N–H and O–H groups in total. The Hall–Kier alpha value is -2.37. The van der Waals surface area contributed by atoms with Crippen molar-refractivity contribution in [3.63, 3.8) is 0 Å². The number of hydrogen-bond acceptors (Lipinski definition) is 3. The first-order valence-corrected chi connectivity index (χ1v) is 7.80. The van der Waals surface area contributed by atoms with Crippen molar-refractivity contribution in [3.8, 4) is 0 Å². The molecule has 0 aliphatic rings. The molecule has 104 valence electrons. The molecular formula is C16H10O4S. The number of furan rings is 1. The van der Waals surface area contributed by atoms with Crippen LogP contribution in [0.25, 0.3) is 32.7 Å². The normalized spacial score (nSPS) is 12.4. The molecule has 4 rings (SSSR count). The van der Waals surface area contributed by atoms with Crippen LogP contribution in [-0.2, 0) is 10.1 Å². The molecule has 1 aromatic heterocycles. The lowest BCUT2D eigenvalue weighted by atomic mass is 10.0. The van der Waals surface area contributed by atoms with Crippen LogP contribution in [0.1, 0.15) is 0 Å². The third kappa shape index (κ3) is 1.75. The van der Waals surface area contributed by atoms with Gasteiger partial charge in [-0.2, -0.15) is 8.42 Å². The zero-order valence-corrected chi connectivity index (χ0v) is 11.6. The van der Waals surface area contributed by atoms with E-state index in [1.54, 1.807) is 12.1 Å². The third-order valence-corrected chi connectivity index (χ3v) is 4.52. The highest BCUT2D eigenvalue weighted by molar-refractivity contribution is 7.86. The summed E-state index contributed by atoms with van der Waals surface area (Å²) in [4.78, 5) is -0.135. The SMILES string of the molecule is O=S(=O)(O)c1cc2oc3ccccc3c2c2ccccc12. The van der Waals surface area contributed by atoms with E-state index in [0.29, 0.717) is 16.6 Å². The zero-order chi connectivity index (χ0) is 14.6. The van der Waals surface area contributed by atoms with Gasteiger partial charge in [-0.1, -0.05) is 42.5 Å². The first-order valence-electron chi connectivity index (χ1n) is 6.36. The van der Waals surface area contributed by atoms with E-state index < -0.39 is 10.1 Å². The summed E-state index contributed by atoms with van der Waals surface area (Å²) < 4.78 is 38.4. The van der Waals surface area contributed by atoms with Crippen molar-refractivity contribution in [3.05, 3.63) is 54.6 Å². The van der Waals surface area contributed by atoms with Crippen LogP contribution in [0.4, 0.5) is 0 Å². The predicted molar refractivity (Wildman–Crippen MR) is 81.0 cm³/mol. The second kappa shape index (κ2) is 4.07. The summed E-state index contributed by atoms with van der Waals surface area (Å²) in [5.74, 6) is 0. The number of hydrogen-bond donors (Lipinski definition) is 1. The summed E-state index contributed by atoms with van der Waals surface area (Å²) >= 11 is 0. The Kier molecular flexibility index (Phi) is 2.40. The minimum absolute atomic E-state index is 0.135. The summed E-state index contributed by atoms with van der Waals surface area (Å²) in [6, 6.07) is 16.0. The molecule has 4 nitrogen and oxygen atoms in total. The quantitative estimate of drug-likeness (QED) is 0.540. The van der Waals surface area contributed by atoms with E-state index in [2.05, 4.69) is 0 Å². The van der Waals surface area contributed by atoms with Gasteiger partial charge in [-0.05, 0) is 11.5 Å². The Balaban J connectivity index is 2.36. The van der Waals surface area contributed by atoms with E-state index in [9.17, 15) is 13.0 Å². The predicted octanol–water partition coefficient (Wildman–Crippen LogP) is 3.99. The minimum atomic E-state index is -4.32. The highest BCUT2D eigenvalue weighted by Gasteiger charge is 2.19. The molecule has 0 radical (unpaired) electrons. The van der Waals surface area contributed by atoms with Gasteiger partial charge >= 0.3 is 0 Å². The summed E-state index contributed by atoms with van der Waals surface area (Å²) in [7, 11) is -4.32. The molecule has 0 atom stereocenters. The smallest absolute Gasteiger partial charge is 0.295 e. The number of para-hydroxylation sites is 1. The second-order valence-corrected chi connectivity index (χ2v) is 6.26. The van der Waals surface area contributed by atoms with Gasteiger partial charge in [0.2, 0.25) is 0 Å². The van der Waals surface area contributed by atoms with Crippen molar-refractivity contribution in [1.82, 2.24) is 0 Å². The molecule has 5 heteroatoms. The van der Waals surface area contributed by atoms with E-state index in [1.807, 2.05) is 36.4 Å². The lowest BCUT2D eigenvalue weighted by Crippen LogP contribution is -1.99. The summed E-state index contributed by atoms with van der Waals surface area (Å²) in [5, 5.41) is 3.01. The molecule has 21 heavy (non-hydrogen) atoms. The van der Waals surface area contributed by atoms with Crippen molar-refractivity contribution in [1.29, 1.82) is 0 Å². The number of benzene rings is 3. The molecule has 0 aliphatic heterocycles. The van der Waals surface area contributed by atoms with Crippen LogP contribution in [0, 0.1) is 0 Å². The van der Waals surface area contributed by atoms with Crippen molar-refractivity contribution in [2.24, 2.45) is 0 Å². The molecule has 0 bridgehead atoms. The molecule has 0 unspecified atom stereocenters. The van der Waals surface area contributed by atoms with E-state index in [-0.39, 0.29) is 4.90 Å². The fourth-order valence-electron chi connectivity index (χ4n) is 2.77. The van der Waals surface area contributed by atoms with Crippen molar-refractivity contribution >= 4 is 42.8 Å². The van der Waals surface area contributed by atoms with Crippen LogP contribution in [0.2, 0.25) is 0 Å². The monoisotopic (exact) mass is 298 g/mol. The first-order chi connectivity index (χ1) is 10.1. The van der Waals surface area contributed by atoms with Gasteiger partial charge in [-0.15, -0.1) is 0 Å². The van der Waals surface area contributed by atoms with Gasteiger partial charge < -0.3 is 4.42 Å². The Labute approximate surface area is 120 Å². The van der Waals surface area contributed by atoms with Crippen molar-refractivity contribution < 1.29 is 17.4 Å². The van der Waals surface area contributed by atoms with E-state index in [1.165, 1.54) is 6.07 Å². The van der Waals surface area contributed by atoms with E-state index in [4.69, 9.17) is 4.42 Å². The minimum Gasteiger partial charge on any atom is -0.456 e. The number of rotatable bonds is 1. The average molecular weight is 298 g/mol. The maximum atomic E-state index is 11.6. The summed E-state index contributed by atoms with van der Waals surface area (Å²) in [6.45, 7) is 0. The Morgan fingerprint density at radius 1 is 0.810 bits per heavy atom. The zero-order valence-electron chi connectivity index (χ0n) is 10.8.